The molecule has 0 bridgehead atoms. The quantitative estimate of drug-likeness (QED) is 0.204. The van der Waals surface area contributed by atoms with Crippen molar-refractivity contribution in [2.75, 3.05) is 22.3 Å². The molecular weight excluding hydrogens is 323 g/mol. The number of halogens is 1. The van der Waals surface area contributed by atoms with E-state index in [9.17, 15) is 8.94 Å². The number of nitrogen functional groups attached to an aromatic ring is 1. The lowest BCUT2D eigenvalue weighted by Gasteiger charge is -2.19. The zero-order chi connectivity index (χ0) is 17.0. The van der Waals surface area contributed by atoms with Crippen LogP contribution >= 0.6 is 0 Å². The lowest BCUT2D eigenvalue weighted by Crippen LogP contribution is -2.42. The zero-order valence-electron chi connectivity index (χ0n) is 12.1. The van der Waals surface area contributed by atoms with E-state index in [1.807, 2.05) is 0 Å². The monoisotopic (exact) mass is 338 g/mol. The lowest BCUT2D eigenvalue weighted by molar-refractivity contribution is 0.610. The molecule has 1 unspecified atom stereocenters. The summed E-state index contributed by atoms with van der Waals surface area (Å²) in [5.74, 6) is 10.2. The van der Waals surface area contributed by atoms with E-state index < -0.39 is 17.0 Å². The number of hydrazine groups is 1. The van der Waals surface area contributed by atoms with Crippen LogP contribution in [0, 0.1) is 5.82 Å². The molecule has 11 heteroatoms. The number of aromatic nitrogens is 2. The Morgan fingerprint density at radius 3 is 2.83 bits per heavy atom. The molecular formula is C12H15FN8OS. The summed E-state index contributed by atoms with van der Waals surface area (Å²) in [6, 6.07) is 6.70. The molecule has 0 spiro atoms. The van der Waals surface area contributed by atoms with Crippen molar-refractivity contribution in [1.29, 1.82) is 0 Å². The van der Waals surface area contributed by atoms with E-state index in [0.717, 1.165) is 11.2 Å². The molecule has 0 saturated heterocycles. The van der Waals surface area contributed by atoms with Crippen LogP contribution < -0.4 is 27.7 Å². The van der Waals surface area contributed by atoms with Crippen LogP contribution in [0.3, 0.4) is 0 Å². The Balaban J connectivity index is 2.24. The van der Waals surface area contributed by atoms with Crippen LogP contribution in [0.15, 0.2) is 35.6 Å². The van der Waals surface area contributed by atoms with Crippen molar-refractivity contribution in [2.24, 2.45) is 16.8 Å². The third kappa shape index (κ3) is 3.97. The maximum Gasteiger partial charge on any atom is 0.354 e. The number of nitrogens with zero attached hydrogens (tertiary/aromatic N) is 4. The van der Waals surface area contributed by atoms with Crippen LogP contribution in [0.25, 0.3) is 0 Å². The van der Waals surface area contributed by atoms with Crippen molar-refractivity contribution in [1.82, 2.24) is 9.97 Å². The average molecular weight is 338 g/mol. The van der Waals surface area contributed by atoms with Gasteiger partial charge in [-0.1, -0.05) is 6.07 Å². The second kappa shape index (κ2) is 7.09. The van der Waals surface area contributed by atoms with Gasteiger partial charge in [-0.3, -0.25) is 0 Å². The van der Waals surface area contributed by atoms with Crippen LogP contribution in [0.4, 0.5) is 27.5 Å². The fourth-order valence-electron chi connectivity index (χ4n) is 1.69. The van der Waals surface area contributed by atoms with E-state index in [2.05, 4.69) is 20.4 Å². The summed E-state index contributed by atoms with van der Waals surface area (Å²) in [6.07, 6.45) is 2.37. The van der Waals surface area contributed by atoms with Gasteiger partial charge in [-0.25, -0.2) is 20.2 Å². The first kappa shape index (κ1) is 16.7. The first-order valence-corrected chi connectivity index (χ1v) is 7.79. The minimum absolute atomic E-state index is 0.00410. The number of nitrogens with two attached hydrogens (primary N) is 3. The second-order valence-corrected chi connectivity index (χ2v) is 5.61. The molecule has 0 fully saturated rings. The number of nitrogens with one attached hydrogen (secondary N) is 1. The Labute approximate surface area is 134 Å². The number of anilines is 4. The summed E-state index contributed by atoms with van der Waals surface area (Å²) < 4.78 is 24.6. The number of hydrogen-bond donors (Lipinski definition) is 4. The molecule has 0 aliphatic heterocycles. The van der Waals surface area contributed by atoms with Crippen LogP contribution in [0.1, 0.15) is 0 Å². The van der Waals surface area contributed by atoms with E-state index in [-0.39, 0.29) is 16.9 Å². The molecule has 9 nitrogen and oxygen atoms in total. The third-order valence-corrected chi connectivity index (χ3v) is 3.54. The Kier molecular flexibility index (Phi) is 5.16. The minimum Gasteiger partial charge on any atom is -0.609 e. The van der Waals surface area contributed by atoms with E-state index in [1.165, 1.54) is 6.26 Å². The molecule has 122 valence electrons. The number of hydrogen-bond acceptors (Lipinski definition) is 8. The fourth-order valence-corrected chi connectivity index (χ4v) is 2.22. The van der Waals surface area contributed by atoms with Crippen molar-refractivity contribution in [3.63, 3.8) is 0 Å². The largest absolute Gasteiger partial charge is 0.609 e. The van der Waals surface area contributed by atoms with Crippen LogP contribution in [0.5, 0.6) is 0 Å². The number of rotatable bonds is 3. The van der Waals surface area contributed by atoms with Gasteiger partial charge in [-0.05, 0) is 18.2 Å². The molecule has 0 amide bonds. The summed E-state index contributed by atoms with van der Waals surface area (Å²) in [6.45, 7) is 0. The molecule has 0 saturated carbocycles. The van der Waals surface area contributed by atoms with E-state index in [0.29, 0.717) is 11.4 Å². The molecule has 1 aromatic carbocycles. The zero-order valence-corrected chi connectivity index (χ0v) is 12.9. The first-order chi connectivity index (χ1) is 10.9. The van der Waals surface area contributed by atoms with Gasteiger partial charge < -0.3 is 21.4 Å². The Morgan fingerprint density at radius 1 is 1.48 bits per heavy atom. The molecule has 0 radical (unpaired) electrons. The molecule has 2 aromatic rings. The smallest absolute Gasteiger partial charge is 0.354 e. The van der Waals surface area contributed by atoms with Gasteiger partial charge in [0.15, 0.2) is 11.6 Å². The Hall–Kier alpha value is -2.63. The molecule has 1 aromatic heterocycles. The van der Waals surface area contributed by atoms with Crippen molar-refractivity contribution in [3.8, 4) is 0 Å². The second-order valence-electron chi connectivity index (χ2n) is 4.34. The maximum atomic E-state index is 13.1. The van der Waals surface area contributed by atoms with Crippen molar-refractivity contribution in [3.05, 3.63) is 36.3 Å². The molecule has 2 rings (SSSR count). The number of benzene rings is 1. The highest BCUT2D eigenvalue weighted by Gasteiger charge is 2.19. The summed E-state index contributed by atoms with van der Waals surface area (Å²) in [5, 5.41) is 7.37. The summed E-state index contributed by atoms with van der Waals surface area (Å²) in [5.41, 5.74) is 6.42. The summed E-state index contributed by atoms with van der Waals surface area (Å²) in [7, 11) is 0. The fraction of sp³-hybridized carbons (Fsp3) is 0.0833. The maximum absolute atomic E-state index is 13.1. The van der Waals surface area contributed by atoms with Gasteiger partial charge in [-0.2, -0.15) is 4.98 Å². The van der Waals surface area contributed by atoms with Gasteiger partial charge in [-0.15, -0.1) is 5.10 Å². The van der Waals surface area contributed by atoms with E-state index >= 15 is 0 Å². The highest BCUT2D eigenvalue weighted by Crippen LogP contribution is 2.21. The topological polar surface area (TPSA) is 155 Å². The molecule has 0 aliphatic rings. The molecule has 23 heavy (non-hydrogen) atoms. The van der Waals surface area contributed by atoms with E-state index in [4.69, 9.17) is 17.4 Å². The van der Waals surface area contributed by atoms with Gasteiger partial charge in [0.25, 0.3) is 0 Å². The predicted molar refractivity (Wildman–Crippen MR) is 88.5 cm³/mol. The number of hydrazone groups is 1. The normalized spacial score (nSPS) is 12.8. The van der Waals surface area contributed by atoms with Gasteiger partial charge in [0, 0.05) is 16.9 Å². The van der Waals surface area contributed by atoms with E-state index in [1.54, 1.807) is 24.3 Å². The standard InChI is InChI=1S/C12H15FN8OS/c1-23(22)12(20-15)21(16)8-4-2-3-7(5-8)18-11-17-6-9(13)10(14)19-11/h2-6H,15-16H2,1H3,(H3,14,17,18,19)/b20-12+. The Morgan fingerprint density at radius 2 is 2.22 bits per heavy atom. The van der Waals surface area contributed by atoms with Crippen molar-refractivity contribution >= 4 is 39.5 Å². The summed E-state index contributed by atoms with van der Waals surface area (Å²) >= 11 is -1.46. The summed E-state index contributed by atoms with van der Waals surface area (Å²) in [4.78, 5) is 7.54. The SMILES string of the molecule is C[S+]([O-])/C(=N/N)N(N)c1cccc(Nc2ncc(F)c(N)n2)c1. The van der Waals surface area contributed by atoms with Crippen LogP contribution in [0.2, 0.25) is 0 Å². The molecule has 7 N–H and O–H groups in total. The highest BCUT2D eigenvalue weighted by atomic mass is 32.2. The average Bonchev–Trinajstić information content (AvgIpc) is 2.51. The number of amidine groups is 1. The van der Waals surface area contributed by atoms with Crippen molar-refractivity contribution < 1.29 is 8.94 Å². The highest BCUT2D eigenvalue weighted by molar-refractivity contribution is 8.06. The van der Waals surface area contributed by atoms with Gasteiger partial charge in [0.2, 0.25) is 5.95 Å². The van der Waals surface area contributed by atoms with Crippen molar-refractivity contribution in [2.45, 2.75) is 0 Å². The molecule has 1 heterocycles. The van der Waals surface area contributed by atoms with Gasteiger partial charge >= 0.3 is 5.17 Å². The predicted octanol–water partition coefficient (Wildman–Crippen LogP) is 0.230. The first-order valence-electron chi connectivity index (χ1n) is 6.23. The van der Waals surface area contributed by atoms with Gasteiger partial charge in [0.05, 0.1) is 11.9 Å². The molecule has 1 atom stereocenters. The Bertz CT molecular complexity index is 726. The van der Waals surface area contributed by atoms with Crippen LogP contribution in [-0.2, 0) is 11.2 Å². The minimum atomic E-state index is -1.46. The van der Waals surface area contributed by atoms with Crippen LogP contribution in [-0.4, -0.2) is 25.9 Å². The third-order valence-electron chi connectivity index (χ3n) is 2.73. The van der Waals surface area contributed by atoms with Gasteiger partial charge in [0.1, 0.15) is 6.26 Å². The molecule has 0 aliphatic carbocycles. The lowest BCUT2D eigenvalue weighted by atomic mass is 10.3.